The summed E-state index contributed by atoms with van der Waals surface area (Å²) < 4.78 is 10.2. The molecular weight excluding hydrogens is 296 g/mol. The zero-order valence-corrected chi connectivity index (χ0v) is 12.3. The molecule has 21 heavy (non-hydrogen) atoms. The summed E-state index contributed by atoms with van der Waals surface area (Å²) in [5.74, 6) is -1.70. The molecule has 1 aliphatic heterocycles. The van der Waals surface area contributed by atoms with Gasteiger partial charge in [-0.1, -0.05) is 0 Å². The zero-order valence-electron chi connectivity index (χ0n) is 11.5. The van der Waals surface area contributed by atoms with Gasteiger partial charge in [0.1, 0.15) is 5.00 Å². The molecule has 1 fully saturated rings. The van der Waals surface area contributed by atoms with E-state index in [0.29, 0.717) is 18.0 Å². The molecular formula is C13H16N2O5S. The minimum Gasteiger partial charge on any atom is -0.451 e. The highest BCUT2D eigenvalue weighted by Crippen LogP contribution is 2.23. The molecule has 2 amide bonds. The monoisotopic (exact) mass is 312 g/mol. The molecule has 1 aliphatic rings. The average molecular weight is 312 g/mol. The van der Waals surface area contributed by atoms with Gasteiger partial charge < -0.3 is 20.5 Å². The zero-order chi connectivity index (χ0) is 15.4. The first kappa shape index (κ1) is 15.5. The van der Waals surface area contributed by atoms with Crippen LogP contribution in [-0.4, -0.2) is 36.6 Å². The maximum absolute atomic E-state index is 12.0. The Morgan fingerprint density at radius 1 is 1.52 bits per heavy atom. The third kappa shape index (κ3) is 3.79. The van der Waals surface area contributed by atoms with E-state index in [-0.39, 0.29) is 5.56 Å². The lowest BCUT2D eigenvalue weighted by atomic mass is 10.2. The molecule has 0 aromatic carbocycles. The molecule has 1 saturated heterocycles. The highest BCUT2D eigenvalue weighted by Gasteiger charge is 2.28. The van der Waals surface area contributed by atoms with Gasteiger partial charge in [-0.25, -0.2) is 4.79 Å². The maximum atomic E-state index is 12.0. The number of hydrogen-bond acceptors (Lipinski definition) is 6. The van der Waals surface area contributed by atoms with Crippen LogP contribution in [0.2, 0.25) is 0 Å². The van der Waals surface area contributed by atoms with Crippen molar-refractivity contribution in [3.8, 4) is 0 Å². The van der Waals surface area contributed by atoms with Crippen LogP contribution in [0.15, 0.2) is 11.4 Å². The Morgan fingerprint density at radius 3 is 2.90 bits per heavy atom. The van der Waals surface area contributed by atoms with Crippen LogP contribution < -0.4 is 11.1 Å². The number of ether oxygens (including phenoxy) is 2. The second-order valence-electron chi connectivity index (χ2n) is 4.60. The number of carbonyl (C=O) groups is 3. The third-order valence-corrected chi connectivity index (χ3v) is 3.85. The summed E-state index contributed by atoms with van der Waals surface area (Å²) in [7, 11) is 0. The predicted octanol–water partition coefficient (Wildman–Crippen LogP) is 0.896. The van der Waals surface area contributed by atoms with Gasteiger partial charge in [-0.05, 0) is 31.2 Å². The van der Waals surface area contributed by atoms with Crippen molar-refractivity contribution in [1.29, 1.82) is 0 Å². The Bertz CT molecular complexity index is 551. The summed E-state index contributed by atoms with van der Waals surface area (Å²) in [6, 6.07) is 1.52. The van der Waals surface area contributed by atoms with E-state index in [1.807, 2.05) is 0 Å². The minimum atomic E-state index is -0.982. The molecule has 8 heteroatoms. The van der Waals surface area contributed by atoms with E-state index >= 15 is 0 Å². The van der Waals surface area contributed by atoms with Gasteiger partial charge in [0, 0.05) is 6.61 Å². The summed E-state index contributed by atoms with van der Waals surface area (Å²) in [6.45, 7) is 1.98. The number of anilines is 1. The first-order chi connectivity index (χ1) is 9.99. The van der Waals surface area contributed by atoms with Gasteiger partial charge in [0.05, 0.1) is 5.56 Å². The van der Waals surface area contributed by atoms with Gasteiger partial charge in [-0.3, -0.25) is 9.59 Å². The van der Waals surface area contributed by atoms with E-state index in [1.165, 1.54) is 24.3 Å². The lowest BCUT2D eigenvalue weighted by molar-refractivity contribution is -0.162. The Morgan fingerprint density at radius 2 is 2.29 bits per heavy atom. The fourth-order valence-corrected chi connectivity index (χ4v) is 2.68. The highest BCUT2D eigenvalue weighted by atomic mass is 32.1. The summed E-state index contributed by atoms with van der Waals surface area (Å²) >= 11 is 1.17. The fourth-order valence-electron chi connectivity index (χ4n) is 1.88. The van der Waals surface area contributed by atoms with Crippen LogP contribution in [0.1, 0.15) is 30.1 Å². The predicted molar refractivity (Wildman–Crippen MR) is 76.0 cm³/mol. The number of thiophene rings is 1. The fraction of sp³-hybridized carbons (Fsp3) is 0.462. The standard InChI is InChI=1S/C13H16N2O5S/c1-7(20-13(18)9-3-2-5-19-9)11(17)15-12-8(10(14)16)4-6-21-12/h4,6-7,9H,2-3,5H2,1H3,(H2,14,16)(H,15,17)/t7-,9-/m0/s1. The molecule has 0 saturated carbocycles. The number of esters is 1. The molecule has 1 aromatic rings. The van der Waals surface area contributed by atoms with Gasteiger partial charge in [-0.15, -0.1) is 11.3 Å². The Balaban J connectivity index is 1.91. The third-order valence-electron chi connectivity index (χ3n) is 3.02. The van der Waals surface area contributed by atoms with E-state index in [0.717, 1.165) is 6.42 Å². The maximum Gasteiger partial charge on any atom is 0.336 e. The molecule has 0 radical (unpaired) electrons. The lowest BCUT2D eigenvalue weighted by Gasteiger charge is -2.15. The summed E-state index contributed by atoms with van der Waals surface area (Å²) in [5, 5.41) is 4.51. The topological polar surface area (TPSA) is 108 Å². The summed E-state index contributed by atoms with van der Waals surface area (Å²) in [4.78, 5) is 34.9. The molecule has 0 unspecified atom stereocenters. The van der Waals surface area contributed by atoms with Crippen molar-refractivity contribution in [1.82, 2.24) is 0 Å². The number of amides is 2. The van der Waals surface area contributed by atoms with E-state index in [1.54, 1.807) is 5.38 Å². The molecule has 7 nitrogen and oxygen atoms in total. The van der Waals surface area contributed by atoms with Crippen LogP contribution in [0.4, 0.5) is 5.00 Å². The Kier molecular flexibility index (Phi) is 4.92. The Hall–Kier alpha value is -1.93. The number of primary amides is 1. The lowest BCUT2D eigenvalue weighted by Crippen LogP contribution is -2.34. The van der Waals surface area contributed by atoms with E-state index in [4.69, 9.17) is 15.2 Å². The quantitative estimate of drug-likeness (QED) is 0.785. The van der Waals surface area contributed by atoms with E-state index in [9.17, 15) is 14.4 Å². The first-order valence-corrected chi connectivity index (χ1v) is 7.37. The molecule has 2 rings (SSSR count). The van der Waals surface area contributed by atoms with Crippen LogP contribution in [0, 0.1) is 0 Å². The summed E-state index contributed by atoms with van der Waals surface area (Å²) in [5.41, 5.74) is 5.42. The SMILES string of the molecule is C[C@H](OC(=O)[C@@H]1CCCO1)C(=O)Nc1sccc1C(N)=O. The van der Waals surface area contributed by atoms with Crippen molar-refractivity contribution in [2.24, 2.45) is 5.73 Å². The first-order valence-electron chi connectivity index (χ1n) is 6.49. The van der Waals surface area contributed by atoms with Crippen LogP contribution >= 0.6 is 11.3 Å². The Labute approximate surface area is 125 Å². The van der Waals surface area contributed by atoms with Crippen molar-refractivity contribution in [2.75, 3.05) is 11.9 Å². The van der Waals surface area contributed by atoms with Crippen molar-refractivity contribution in [3.05, 3.63) is 17.0 Å². The number of nitrogens with two attached hydrogens (primary N) is 1. The van der Waals surface area contributed by atoms with Crippen molar-refractivity contribution < 1.29 is 23.9 Å². The van der Waals surface area contributed by atoms with Crippen LogP contribution in [0.3, 0.4) is 0 Å². The second-order valence-corrected chi connectivity index (χ2v) is 5.51. The molecule has 114 valence electrons. The average Bonchev–Trinajstić information content (AvgIpc) is 3.09. The van der Waals surface area contributed by atoms with Gasteiger partial charge in [-0.2, -0.15) is 0 Å². The van der Waals surface area contributed by atoms with Gasteiger partial charge in [0.2, 0.25) is 0 Å². The number of rotatable bonds is 5. The molecule has 0 bridgehead atoms. The number of nitrogens with one attached hydrogen (secondary N) is 1. The van der Waals surface area contributed by atoms with Gasteiger partial charge in [0.15, 0.2) is 12.2 Å². The van der Waals surface area contributed by atoms with Crippen LogP contribution in [-0.2, 0) is 19.1 Å². The molecule has 1 aromatic heterocycles. The molecule has 0 spiro atoms. The van der Waals surface area contributed by atoms with Gasteiger partial charge in [0.25, 0.3) is 11.8 Å². The van der Waals surface area contributed by atoms with Crippen LogP contribution in [0.25, 0.3) is 0 Å². The summed E-state index contributed by atoms with van der Waals surface area (Å²) in [6.07, 6.45) is -0.172. The molecule has 2 heterocycles. The van der Waals surface area contributed by atoms with Crippen LogP contribution in [0.5, 0.6) is 0 Å². The number of hydrogen-bond donors (Lipinski definition) is 2. The highest BCUT2D eigenvalue weighted by molar-refractivity contribution is 7.14. The molecule has 2 atom stereocenters. The van der Waals surface area contributed by atoms with Crippen molar-refractivity contribution >= 4 is 34.1 Å². The molecule has 0 aliphatic carbocycles. The smallest absolute Gasteiger partial charge is 0.336 e. The molecule has 3 N–H and O–H groups in total. The minimum absolute atomic E-state index is 0.228. The van der Waals surface area contributed by atoms with E-state index in [2.05, 4.69) is 5.32 Å². The van der Waals surface area contributed by atoms with Crippen molar-refractivity contribution in [3.63, 3.8) is 0 Å². The second kappa shape index (κ2) is 6.68. The number of carbonyl (C=O) groups excluding carboxylic acids is 3. The van der Waals surface area contributed by atoms with E-state index < -0.39 is 30.0 Å². The van der Waals surface area contributed by atoms with Crippen molar-refractivity contribution in [2.45, 2.75) is 32.0 Å². The normalized spacial score (nSPS) is 19.0. The largest absolute Gasteiger partial charge is 0.451 e. The van der Waals surface area contributed by atoms with Gasteiger partial charge >= 0.3 is 5.97 Å².